The monoisotopic (exact) mass is 275 g/mol. The van der Waals surface area contributed by atoms with E-state index in [1.54, 1.807) is 0 Å². The maximum atomic E-state index is 13.5. The van der Waals surface area contributed by atoms with E-state index < -0.39 is 11.6 Å². The molecule has 1 saturated heterocycles. The molecule has 3 nitrogen and oxygen atoms in total. The summed E-state index contributed by atoms with van der Waals surface area (Å²) in [6.07, 6.45) is 0.283. The van der Waals surface area contributed by atoms with Crippen LogP contribution in [0.2, 0.25) is 0 Å². The Morgan fingerprint density at radius 3 is 2.78 bits per heavy atom. The van der Waals surface area contributed by atoms with Gasteiger partial charge < -0.3 is 9.64 Å². The number of benzene rings is 1. The number of hydrogen-bond acceptors (Lipinski definition) is 2. The molecule has 2 rings (SSSR count). The summed E-state index contributed by atoms with van der Waals surface area (Å²) < 4.78 is 31.7. The molecule has 0 saturated carbocycles. The van der Waals surface area contributed by atoms with Crippen molar-refractivity contribution in [3.8, 4) is 5.75 Å². The average molecular weight is 276 g/mol. The average Bonchev–Trinajstić information content (AvgIpc) is 2.69. The molecule has 0 radical (unpaired) electrons. The van der Waals surface area contributed by atoms with Crippen molar-refractivity contribution >= 4 is 23.2 Å². The Morgan fingerprint density at radius 1 is 1.50 bits per heavy atom. The first-order valence-electron chi connectivity index (χ1n) is 5.46. The maximum absolute atomic E-state index is 13.5. The van der Waals surface area contributed by atoms with Gasteiger partial charge in [-0.25, -0.2) is 8.78 Å². The van der Waals surface area contributed by atoms with Gasteiger partial charge in [-0.05, 0) is 5.92 Å². The van der Waals surface area contributed by atoms with E-state index in [0.717, 1.165) is 12.1 Å². The topological polar surface area (TPSA) is 29.5 Å². The van der Waals surface area contributed by atoms with Crippen molar-refractivity contribution in [2.75, 3.05) is 24.4 Å². The third kappa shape index (κ3) is 2.27. The fourth-order valence-corrected chi connectivity index (χ4v) is 2.27. The summed E-state index contributed by atoms with van der Waals surface area (Å²) in [6.45, 7) is 0.349. The lowest BCUT2D eigenvalue weighted by atomic mass is 10.1. The molecular formula is C12H12ClF2NO2. The molecule has 1 atom stereocenters. The Bertz CT molecular complexity index is 481. The molecule has 6 heteroatoms. The van der Waals surface area contributed by atoms with Crippen LogP contribution >= 0.6 is 11.6 Å². The van der Waals surface area contributed by atoms with E-state index >= 15 is 0 Å². The molecule has 1 amide bonds. The van der Waals surface area contributed by atoms with Gasteiger partial charge in [0.25, 0.3) is 0 Å². The van der Waals surface area contributed by atoms with Crippen molar-refractivity contribution < 1.29 is 18.3 Å². The van der Waals surface area contributed by atoms with Crippen molar-refractivity contribution in [1.29, 1.82) is 0 Å². The summed E-state index contributed by atoms with van der Waals surface area (Å²) in [7, 11) is 1.28. The number of halogens is 3. The van der Waals surface area contributed by atoms with Crippen molar-refractivity contribution in [1.82, 2.24) is 0 Å². The normalized spacial score (nSPS) is 19.4. The molecule has 1 unspecified atom stereocenters. The van der Waals surface area contributed by atoms with Crippen LogP contribution in [0.3, 0.4) is 0 Å². The zero-order valence-electron chi connectivity index (χ0n) is 9.75. The highest BCUT2D eigenvalue weighted by atomic mass is 35.5. The smallest absolute Gasteiger partial charge is 0.227 e. The molecule has 0 bridgehead atoms. The molecule has 1 aromatic rings. The summed E-state index contributed by atoms with van der Waals surface area (Å²) in [5, 5.41) is 0. The minimum Gasteiger partial charge on any atom is -0.492 e. The van der Waals surface area contributed by atoms with Gasteiger partial charge in [-0.15, -0.1) is 11.6 Å². The first-order valence-corrected chi connectivity index (χ1v) is 5.99. The summed E-state index contributed by atoms with van der Waals surface area (Å²) >= 11 is 5.70. The quantitative estimate of drug-likeness (QED) is 0.794. The predicted octanol–water partition coefficient (Wildman–Crippen LogP) is 2.57. The molecule has 1 fully saturated rings. The molecule has 1 aliphatic rings. The van der Waals surface area contributed by atoms with Gasteiger partial charge in [0, 0.05) is 31.0 Å². The lowest BCUT2D eigenvalue weighted by Gasteiger charge is -2.19. The Morgan fingerprint density at radius 2 is 2.22 bits per heavy atom. The molecule has 0 aliphatic carbocycles. The molecule has 1 heterocycles. The van der Waals surface area contributed by atoms with Gasteiger partial charge >= 0.3 is 0 Å². The number of amides is 1. The maximum Gasteiger partial charge on any atom is 0.227 e. The minimum absolute atomic E-state index is 0.00444. The number of carbonyl (C=O) groups is 1. The highest BCUT2D eigenvalue weighted by Gasteiger charge is 2.32. The lowest BCUT2D eigenvalue weighted by molar-refractivity contribution is -0.117. The molecule has 0 aromatic heterocycles. The molecular weight excluding hydrogens is 264 g/mol. The third-order valence-electron chi connectivity index (χ3n) is 2.91. The number of rotatable bonds is 3. The zero-order chi connectivity index (χ0) is 13.3. The SMILES string of the molecule is COc1c(F)cc(F)cc1N1CC(CCl)CC1=O. The van der Waals surface area contributed by atoms with Crippen LogP contribution in [0.25, 0.3) is 0 Å². The van der Waals surface area contributed by atoms with Crippen LogP contribution in [0.4, 0.5) is 14.5 Å². The van der Waals surface area contributed by atoms with Crippen LogP contribution in [-0.2, 0) is 4.79 Å². The predicted molar refractivity (Wildman–Crippen MR) is 64.1 cm³/mol. The number of ether oxygens (including phenoxy) is 1. The highest BCUT2D eigenvalue weighted by Crippen LogP contribution is 2.36. The van der Waals surface area contributed by atoms with Crippen molar-refractivity contribution in [2.24, 2.45) is 5.92 Å². The van der Waals surface area contributed by atoms with Gasteiger partial charge in [0.1, 0.15) is 5.82 Å². The Balaban J connectivity index is 2.41. The molecule has 1 aliphatic heterocycles. The Hall–Kier alpha value is -1.36. The number of nitrogens with zero attached hydrogens (tertiary/aromatic N) is 1. The molecule has 98 valence electrons. The van der Waals surface area contributed by atoms with E-state index in [1.807, 2.05) is 0 Å². The molecule has 0 spiro atoms. The molecule has 0 N–H and O–H groups in total. The van der Waals surface area contributed by atoms with Gasteiger partial charge in [0.15, 0.2) is 11.6 Å². The second kappa shape index (κ2) is 5.10. The summed E-state index contributed by atoms with van der Waals surface area (Å²) in [5.74, 6) is -1.57. The van der Waals surface area contributed by atoms with E-state index in [9.17, 15) is 13.6 Å². The summed E-state index contributed by atoms with van der Waals surface area (Å²) in [5.41, 5.74) is 0.118. The van der Waals surface area contributed by atoms with Crippen molar-refractivity contribution in [2.45, 2.75) is 6.42 Å². The van der Waals surface area contributed by atoms with Gasteiger partial charge in [0.2, 0.25) is 5.91 Å². The number of methoxy groups -OCH3 is 1. The van der Waals surface area contributed by atoms with E-state index in [4.69, 9.17) is 16.3 Å². The first kappa shape index (κ1) is 13.1. The number of alkyl halides is 1. The fraction of sp³-hybridized carbons (Fsp3) is 0.417. The third-order valence-corrected chi connectivity index (χ3v) is 3.34. The van der Waals surface area contributed by atoms with Crippen LogP contribution in [0.15, 0.2) is 12.1 Å². The lowest BCUT2D eigenvalue weighted by Crippen LogP contribution is -2.25. The number of anilines is 1. The molecule has 1 aromatic carbocycles. The van der Waals surface area contributed by atoms with E-state index in [2.05, 4.69) is 0 Å². The van der Waals surface area contributed by atoms with Crippen LogP contribution in [0.5, 0.6) is 5.75 Å². The Kier molecular flexibility index (Phi) is 3.71. The van der Waals surface area contributed by atoms with Crippen LogP contribution in [-0.4, -0.2) is 25.4 Å². The second-order valence-electron chi connectivity index (χ2n) is 4.17. The summed E-state index contributed by atoms with van der Waals surface area (Å²) in [6, 6.07) is 1.82. The van der Waals surface area contributed by atoms with Crippen molar-refractivity contribution in [3.05, 3.63) is 23.8 Å². The second-order valence-corrected chi connectivity index (χ2v) is 4.48. The standard InChI is InChI=1S/C12H12ClF2NO2/c1-18-12-9(15)3-8(14)4-10(12)16-6-7(5-13)2-11(16)17/h3-4,7H,2,5-6H2,1H3. The summed E-state index contributed by atoms with van der Waals surface area (Å²) in [4.78, 5) is 13.1. The number of carbonyl (C=O) groups excluding carboxylic acids is 1. The minimum atomic E-state index is -0.824. The zero-order valence-corrected chi connectivity index (χ0v) is 10.5. The highest BCUT2D eigenvalue weighted by molar-refractivity contribution is 6.18. The fourth-order valence-electron chi connectivity index (χ4n) is 2.07. The van der Waals surface area contributed by atoms with Gasteiger partial charge in [-0.3, -0.25) is 4.79 Å². The van der Waals surface area contributed by atoms with Gasteiger partial charge in [0.05, 0.1) is 12.8 Å². The Labute approximate surface area is 108 Å². The van der Waals surface area contributed by atoms with E-state index in [0.29, 0.717) is 12.4 Å². The van der Waals surface area contributed by atoms with Crippen molar-refractivity contribution in [3.63, 3.8) is 0 Å². The van der Waals surface area contributed by atoms with Crippen LogP contribution in [0.1, 0.15) is 6.42 Å². The number of hydrogen-bond donors (Lipinski definition) is 0. The van der Waals surface area contributed by atoms with Crippen LogP contribution < -0.4 is 9.64 Å². The molecule has 18 heavy (non-hydrogen) atoms. The largest absolute Gasteiger partial charge is 0.492 e. The van der Waals surface area contributed by atoms with Gasteiger partial charge in [-0.1, -0.05) is 0 Å². The van der Waals surface area contributed by atoms with Crippen LogP contribution in [0, 0.1) is 17.6 Å². The van der Waals surface area contributed by atoms with E-state index in [1.165, 1.54) is 12.0 Å². The van der Waals surface area contributed by atoms with Gasteiger partial charge in [-0.2, -0.15) is 0 Å². The first-order chi connectivity index (χ1) is 8.56. The van der Waals surface area contributed by atoms with E-state index in [-0.39, 0.29) is 29.7 Å².